The Morgan fingerprint density at radius 3 is 2.28 bits per heavy atom. The summed E-state index contributed by atoms with van der Waals surface area (Å²) in [6.45, 7) is 9.57. The van der Waals surface area contributed by atoms with E-state index >= 15 is 0 Å². The first-order chi connectivity index (χ1) is 18.8. The van der Waals surface area contributed by atoms with Crippen LogP contribution in [0, 0.1) is 17.8 Å². The van der Waals surface area contributed by atoms with E-state index in [1.54, 1.807) is 23.6 Å². The third-order valence-corrected chi connectivity index (χ3v) is 10.9. The number of benzene rings is 2. The van der Waals surface area contributed by atoms with Crippen LogP contribution in [0.15, 0.2) is 54.6 Å². The number of carbonyl (C=O) groups is 3. The molecule has 8 nitrogen and oxygen atoms in total. The minimum absolute atomic E-state index is 0.0482. The van der Waals surface area contributed by atoms with Gasteiger partial charge in [0.1, 0.15) is 6.04 Å². The molecule has 3 amide bonds. The fourth-order valence-electron chi connectivity index (χ4n) is 6.92. The Labute approximate surface area is 234 Å². The number of anilines is 3. The smallest absolute Gasteiger partial charge is 0.248 e. The fourth-order valence-corrected chi connectivity index (χ4v) is 9.33. The lowest BCUT2D eigenvalue weighted by Crippen LogP contribution is -2.56. The van der Waals surface area contributed by atoms with E-state index in [2.05, 4.69) is 36.3 Å². The molecule has 0 aromatic heterocycles. The van der Waals surface area contributed by atoms with Crippen LogP contribution in [0.3, 0.4) is 0 Å². The monoisotopic (exact) mass is 550 g/mol. The lowest BCUT2D eigenvalue weighted by atomic mass is 9.66. The molecule has 39 heavy (non-hydrogen) atoms. The average molecular weight is 551 g/mol. The normalized spacial score (nSPS) is 29.7. The van der Waals surface area contributed by atoms with E-state index in [0.717, 1.165) is 25.2 Å². The van der Waals surface area contributed by atoms with Crippen LogP contribution in [0.25, 0.3) is 0 Å². The van der Waals surface area contributed by atoms with Crippen molar-refractivity contribution < 1.29 is 19.5 Å². The Morgan fingerprint density at radius 2 is 1.67 bits per heavy atom. The molecule has 0 saturated carbocycles. The van der Waals surface area contributed by atoms with Gasteiger partial charge in [-0.2, -0.15) is 0 Å². The average Bonchev–Trinajstić information content (AvgIpc) is 3.54. The zero-order valence-electron chi connectivity index (χ0n) is 23.0. The van der Waals surface area contributed by atoms with Gasteiger partial charge in [0, 0.05) is 35.4 Å². The van der Waals surface area contributed by atoms with Crippen molar-refractivity contribution in [2.24, 2.45) is 17.8 Å². The summed E-state index contributed by atoms with van der Waals surface area (Å²) in [6, 6.07) is 15.6. The van der Waals surface area contributed by atoms with E-state index in [1.165, 1.54) is 0 Å². The third kappa shape index (κ3) is 4.49. The number of para-hydroxylation sites is 1. The molecule has 3 aliphatic rings. The number of hydrogen-bond donors (Lipinski definition) is 3. The molecule has 208 valence electrons. The molecule has 1 spiro atoms. The van der Waals surface area contributed by atoms with Gasteiger partial charge in [0.05, 0.1) is 29.2 Å². The molecule has 3 fully saturated rings. The van der Waals surface area contributed by atoms with E-state index in [-0.39, 0.29) is 35.5 Å². The second kappa shape index (κ2) is 10.8. The Balaban J connectivity index is 1.46. The molecule has 3 N–H and O–H groups in total. The summed E-state index contributed by atoms with van der Waals surface area (Å²) >= 11 is 1.63. The first-order valence-electron chi connectivity index (χ1n) is 13.9. The number of nitrogens with one attached hydrogen (secondary N) is 2. The number of hydrogen-bond acceptors (Lipinski definition) is 6. The highest BCUT2D eigenvalue weighted by Gasteiger charge is 2.76. The summed E-state index contributed by atoms with van der Waals surface area (Å²) in [5.74, 6) is -1.79. The van der Waals surface area contributed by atoms with Crippen molar-refractivity contribution in [1.29, 1.82) is 0 Å². The minimum Gasteiger partial charge on any atom is -0.394 e. The number of thioether (sulfide) groups is 1. The summed E-state index contributed by atoms with van der Waals surface area (Å²) in [5, 5.41) is 16.1. The number of likely N-dealkylation sites (tertiary alicyclic amines) is 1. The topological polar surface area (TPSA) is 102 Å². The fraction of sp³-hybridized carbons (Fsp3) is 0.500. The molecule has 2 aromatic rings. The van der Waals surface area contributed by atoms with E-state index in [4.69, 9.17) is 0 Å². The Bertz CT molecular complexity index is 1220. The van der Waals surface area contributed by atoms with Gasteiger partial charge in [-0.3, -0.25) is 14.4 Å². The lowest BCUT2D eigenvalue weighted by molar-refractivity contribution is -0.140. The number of amides is 3. The maximum atomic E-state index is 14.1. The molecule has 3 aliphatic heterocycles. The van der Waals surface area contributed by atoms with Crippen molar-refractivity contribution in [3.05, 3.63) is 54.6 Å². The van der Waals surface area contributed by atoms with E-state index in [1.807, 2.05) is 54.6 Å². The van der Waals surface area contributed by atoms with Gasteiger partial charge in [0.2, 0.25) is 17.7 Å². The van der Waals surface area contributed by atoms with Crippen molar-refractivity contribution in [1.82, 2.24) is 4.90 Å². The maximum Gasteiger partial charge on any atom is 0.248 e. The molecule has 5 rings (SSSR count). The van der Waals surface area contributed by atoms with Crippen LogP contribution in [0.1, 0.15) is 34.1 Å². The maximum absolute atomic E-state index is 14.1. The number of carbonyl (C=O) groups excluding carboxylic acids is 3. The minimum atomic E-state index is -0.792. The van der Waals surface area contributed by atoms with Crippen LogP contribution >= 0.6 is 11.8 Å². The van der Waals surface area contributed by atoms with Gasteiger partial charge in [-0.1, -0.05) is 25.1 Å². The molecule has 9 heteroatoms. The predicted octanol–water partition coefficient (Wildman–Crippen LogP) is 3.83. The molecule has 0 aliphatic carbocycles. The van der Waals surface area contributed by atoms with E-state index < -0.39 is 28.7 Å². The summed E-state index contributed by atoms with van der Waals surface area (Å²) in [7, 11) is 0. The number of fused-ring (bicyclic) bond motifs is 1. The second-order valence-corrected chi connectivity index (χ2v) is 12.4. The molecule has 7 atom stereocenters. The van der Waals surface area contributed by atoms with Crippen molar-refractivity contribution in [2.45, 2.75) is 56.2 Å². The SMILES string of the molecule is CCN(CC)c1ccc(NC(=O)C2N([C@H](C)CO)C(=O)[C@@H]3[C@H](C(=O)Nc4ccccc4)[C@@H]4CC(C)C23S4)cc1. The summed E-state index contributed by atoms with van der Waals surface area (Å²) in [6.07, 6.45) is 0.755. The highest BCUT2D eigenvalue weighted by Crippen LogP contribution is 2.68. The van der Waals surface area contributed by atoms with Crippen molar-refractivity contribution >= 4 is 46.5 Å². The van der Waals surface area contributed by atoms with Crippen LogP contribution < -0.4 is 15.5 Å². The molecule has 0 radical (unpaired) electrons. The molecule has 3 saturated heterocycles. The molecular weight excluding hydrogens is 512 g/mol. The number of rotatable bonds is 9. The zero-order valence-corrected chi connectivity index (χ0v) is 23.8. The van der Waals surface area contributed by atoms with Crippen molar-refractivity contribution in [3.8, 4) is 0 Å². The quantitative estimate of drug-likeness (QED) is 0.439. The Morgan fingerprint density at radius 1 is 1.05 bits per heavy atom. The van der Waals surface area contributed by atoms with Gasteiger partial charge in [-0.15, -0.1) is 11.8 Å². The van der Waals surface area contributed by atoms with Crippen LogP contribution in [0.2, 0.25) is 0 Å². The largest absolute Gasteiger partial charge is 0.394 e. The van der Waals surface area contributed by atoms with Gasteiger partial charge < -0.3 is 25.5 Å². The second-order valence-electron chi connectivity index (χ2n) is 10.9. The summed E-state index contributed by atoms with van der Waals surface area (Å²) in [5.41, 5.74) is 2.42. The Kier molecular flexibility index (Phi) is 7.66. The molecule has 3 unspecified atom stereocenters. The number of nitrogens with zero attached hydrogens (tertiary/aromatic N) is 2. The molecular formula is C30H38N4O4S. The molecule has 2 aromatic carbocycles. The van der Waals surface area contributed by atoms with Crippen LogP contribution in [-0.2, 0) is 14.4 Å². The first-order valence-corrected chi connectivity index (χ1v) is 14.8. The Hall–Kier alpha value is -3.04. The van der Waals surface area contributed by atoms with Gasteiger partial charge in [0.15, 0.2) is 0 Å². The molecule has 2 bridgehead atoms. The van der Waals surface area contributed by atoms with Crippen LogP contribution in [0.4, 0.5) is 17.1 Å². The molecule has 3 heterocycles. The lowest BCUT2D eigenvalue weighted by Gasteiger charge is -2.39. The van der Waals surface area contributed by atoms with Gasteiger partial charge in [-0.25, -0.2) is 0 Å². The van der Waals surface area contributed by atoms with E-state index in [9.17, 15) is 19.5 Å². The van der Waals surface area contributed by atoms with E-state index in [0.29, 0.717) is 11.4 Å². The van der Waals surface area contributed by atoms with Gasteiger partial charge in [0.25, 0.3) is 0 Å². The van der Waals surface area contributed by atoms with Gasteiger partial charge in [-0.05, 0) is 69.5 Å². The third-order valence-electron chi connectivity index (χ3n) is 8.78. The summed E-state index contributed by atoms with van der Waals surface area (Å²) in [4.78, 5) is 45.5. The van der Waals surface area contributed by atoms with Crippen molar-refractivity contribution in [2.75, 3.05) is 35.2 Å². The highest BCUT2D eigenvalue weighted by atomic mass is 32.2. The van der Waals surface area contributed by atoms with Gasteiger partial charge >= 0.3 is 0 Å². The van der Waals surface area contributed by atoms with Crippen LogP contribution in [-0.4, -0.2) is 69.5 Å². The highest BCUT2D eigenvalue weighted by molar-refractivity contribution is 8.02. The standard InChI is InChI=1S/C30H38N4O4S/c1-5-33(6-2)22-14-12-21(13-15-22)32-28(37)26-30-18(3)16-23(39-30)24(25(30)29(38)34(26)19(4)17-35)27(36)31-20-10-8-7-9-11-20/h7-15,18-19,23-26,35H,5-6,16-17H2,1-4H3,(H,31,36)(H,32,37)/t18?,19-,23+,24-,25+,26?,30?/m1/s1. The van der Waals surface area contributed by atoms with Crippen molar-refractivity contribution in [3.63, 3.8) is 0 Å². The predicted molar refractivity (Wildman–Crippen MR) is 156 cm³/mol. The number of aliphatic hydroxyl groups excluding tert-OH is 1. The number of aliphatic hydroxyl groups is 1. The first kappa shape index (κ1) is 27.5. The van der Waals surface area contributed by atoms with Crippen LogP contribution in [0.5, 0.6) is 0 Å². The summed E-state index contributed by atoms with van der Waals surface area (Å²) < 4.78 is -0.741. The zero-order chi connectivity index (χ0) is 27.9.